The minimum atomic E-state index is 0. The van der Waals surface area contributed by atoms with Crippen LogP contribution in [-0.4, -0.2) is 0 Å². The van der Waals surface area contributed by atoms with Crippen molar-refractivity contribution in [2.75, 3.05) is 0 Å². The van der Waals surface area contributed by atoms with E-state index >= 15 is 0 Å². The van der Waals surface area contributed by atoms with Crippen molar-refractivity contribution in [3.8, 4) is 22.3 Å². The van der Waals surface area contributed by atoms with Crippen molar-refractivity contribution in [1.82, 2.24) is 0 Å². The van der Waals surface area contributed by atoms with Crippen LogP contribution >= 0.6 is 0 Å². The summed E-state index contributed by atoms with van der Waals surface area (Å²) in [5.74, 6) is 0. The summed E-state index contributed by atoms with van der Waals surface area (Å²) in [6, 6.07) is 21.8. The van der Waals surface area contributed by atoms with Crippen molar-refractivity contribution in [1.29, 1.82) is 0 Å². The summed E-state index contributed by atoms with van der Waals surface area (Å²) in [5.41, 5.74) is 5.50. The normalized spacial score (nSPS) is 8.43. The second kappa shape index (κ2) is 10.4. The van der Waals surface area contributed by atoms with Crippen molar-refractivity contribution in [3.05, 3.63) is 80.6 Å². The third-order valence-electron chi connectivity index (χ3n) is 3.41. The zero-order chi connectivity index (χ0) is 16.5. The van der Waals surface area contributed by atoms with E-state index in [1.165, 1.54) is 33.0 Å². The molecule has 4 heteroatoms. The Kier molecular flexibility index (Phi) is 9.35. The van der Waals surface area contributed by atoms with Crippen LogP contribution in [0.15, 0.2) is 60.7 Å². The Balaban J connectivity index is 0.000000629. The van der Waals surface area contributed by atoms with Gasteiger partial charge < -0.3 is 0 Å². The van der Waals surface area contributed by atoms with Crippen LogP contribution in [-0.2, 0) is 31.3 Å². The van der Waals surface area contributed by atoms with E-state index in [0.717, 1.165) is 0 Å². The molecule has 0 spiro atoms. The van der Waals surface area contributed by atoms with Gasteiger partial charge in [0, 0.05) is 17.4 Å². The summed E-state index contributed by atoms with van der Waals surface area (Å²) >= 11 is 0. The van der Waals surface area contributed by atoms with Crippen molar-refractivity contribution in [2.45, 2.75) is 0 Å². The second-order valence-electron chi connectivity index (χ2n) is 4.25. The van der Waals surface area contributed by atoms with Gasteiger partial charge >= 0.3 is 33.9 Å². The molecule has 0 bridgehead atoms. The molecule has 0 saturated carbocycles. The van der Waals surface area contributed by atoms with Gasteiger partial charge in [0.15, 0.2) is 0 Å². The average Bonchev–Trinajstić information content (AvgIpc) is 2.97. The molecule has 0 fully saturated rings. The van der Waals surface area contributed by atoms with E-state index in [0.29, 0.717) is 0 Å². The van der Waals surface area contributed by atoms with Crippen LogP contribution in [0.3, 0.4) is 0 Å². The largest absolute Gasteiger partial charge is 0.0616 e. The predicted molar refractivity (Wildman–Crippen MR) is 80.2 cm³/mol. The second-order valence-corrected chi connectivity index (χ2v) is 4.25. The van der Waals surface area contributed by atoms with E-state index < -0.39 is 0 Å². The third-order valence-corrected chi connectivity index (χ3v) is 3.41. The maximum atomic E-state index is 7.50. The van der Waals surface area contributed by atoms with Gasteiger partial charge in [0.1, 0.15) is 0 Å². The quantitative estimate of drug-likeness (QED) is 0.338. The fourth-order valence-electron chi connectivity index (χ4n) is 2.74. The van der Waals surface area contributed by atoms with Crippen LogP contribution in [0.25, 0.3) is 33.0 Å². The third kappa shape index (κ3) is 3.71. The van der Waals surface area contributed by atoms with E-state index in [4.69, 9.17) is 14.0 Å². The molecule has 3 aromatic carbocycles. The van der Waals surface area contributed by atoms with E-state index in [1.807, 2.05) is 0 Å². The van der Waals surface area contributed by atoms with Gasteiger partial charge in [-0.2, -0.15) is 0 Å². The van der Waals surface area contributed by atoms with Gasteiger partial charge in [-0.05, 0) is 33.0 Å². The van der Waals surface area contributed by atoms with Gasteiger partial charge in [-0.3, -0.25) is 0 Å². The van der Waals surface area contributed by atoms with Crippen LogP contribution in [0.4, 0.5) is 0 Å². The Morgan fingerprint density at radius 2 is 0.826 bits per heavy atom. The molecule has 0 amide bonds. The smallest absolute Gasteiger partial charge is 0 e. The summed E-state index contributed by atoms with van der Waals surface area (Å²) < 4.78 is 22.5. The molecule has 1 aliphatic rings. The molecule has 0 aromatic heterocycles. The van der Waals surface area contributed by atoms with E-state index in [9.17, 15) is 0 Å². The molecule has 0 radical (unpaired) electrons. The molecule has 0 atom stereocenters. The first kappa shape index (κ1) is 20.7. The van der Waals surface area contributed by atoms with E-state index in [-0.39, 0.29) is 17.4 Å². The van der Waals surface area contributed by atoms with Crippen LogP contribution in [0.2, 0.25) is 0 Å². The predicted octanol–water partition coefficient (Wildman–Crippen LogP) is 4.37. The van der Waals surface area contributed by atoms with Crippen LogP contribution in [0, 0.1) is 20.0 Å². The summed E-state index contributed by atoms with van der Waals surface area (Å²) in [7, 11) is 0. The number of benzene rings is 3. The summed E-state index contributed by atoms with van der Waals surface area (Å²) in [4.78, 5) is 0. The number of rotatable bonds is 0. The average molecular weight is 338 g/mol. The van der Waals surface area contributed by atoms with Crippen molar-refractivity contribution >= 4 is 10.8 Å². The summed E-state index contributed by atoms with van der Waals surface area (Å²) in [5, 5.41) is 2.75. The minimum Gasteiger partial charge on any atom is -0.0616 e. The molecular formula is C19H10CrO3. The van der Waals surface area contributed by atoms with Crippen molar-refractivity contribution in [3.63, 3.8) is 0 Å². The molecule has 4 rings (SSSR count). The SMILES string of the molecule is [C-]#[O+].[C-]#[O+].[C-]#[O+].[Cr].c1ccc2c(c1)-c1cccc3cccc-2c13. The zero-order valence-electron chi connectivity index (χ0n) is 11.9. The van der Waals surface area contributed by atoms with Gasteiger partial charge in [0.25, 0.3) is 0 Å². The molecule has 0 N–H and O–H groups in total. The van der Waals surface area contributed by atoms with Crippen LogP contribution < -0.4 is 0 Å². The molecular weight excluding hydrogens is 328 g/mol. The molecule has 1 aliphatic carbocycles. The summed E-state index contributed by atoms with van der Waals surface area (Å²) in [6.07, 6.45) is 0. The number of hydrogen-bond acceptors (Lipinski definition) is 0. The molecule has 3 nitrogen and oxygen atoms in total. The monoisotopic (exact) mass is 338 g/mol. The van der Waals surface area contributed by atoms with Crippen LogP contribution in [0.5, 0.6) is 0 Å². The fourth-order valence-corrected chi connectivity index (χ4v) is 2.74. The molecule has 0 unspecified atom stereocenters. The van der Waals surface area contributed by atoms with Crippen LogP contribution in [0.1, 0.15) is 0 Å². The molecule has 0 heterocycles. The van der Waals surface area contributed by atoms with Gasteiger partial charge in [-0.1, -0.05) is 60.7 Å². The summed E-state index contributed by atoms with van der Waals surface area (Å²) in [6.45, 7) is 13.5. The first-order valence-corrected chi connectivity index (χ1v) is 6.18. The first-order valence-electron chi connectivity index (χ1n) is 6.18. The van der Waals surface area contributed by atoms with Gasteiger partial charge in [0.2, 0.25) is 0 Å². The Morgan fingerprint density at radius 3 is 1.22 bits per heavy atom. The molecule has 0 saturated heterocycles. The first-order chi connectivity index (χ1) is 10.9. The maximum absolute atomic E-state index is 7.50. The van der Waals surface area contributed by atoms with Crippen molar-refractivity contribution in [2.24, 2.45) is 0 Å². The number of fused-ring (bicyclic) bond motifs is 3. The minimum absolute atomic E-state index is 0. The Labute approximate surface area is 145 Å². The Bertz CT molecular complexity index is 776. The Hall–Kier alpha value is -2.33. The maximum Gasteiger partial charge on any atom is 0 e. The molecule has 0 aliphatic heterocycles. The number of hydrogen-bond donors (Lipinski definition) is 0. The van der Waals surface area contributed by atoms with Gasteiger partial charge in [-0.15, -0.1) is 0 Å². The van der Waals surface area contributed by atoms with Crippen molar-refractivity contribution < 1.29 is 31.3 Å². The molecule has 3 aromatic rings. The standard InChI is InChI=1S/C16H10.3CO.Cr/c1-2-8-13-12(7-1)14-9-3-5-11-6-4-10-15(13)16(11)14;3*1-2;/h1-10H;;;;. The van der Waals surface area contributed by atoms with Gasteiger partial charge in [0.05, 0.1) is 0 Å². The molecule has 23 heavy (non-hydrogen) atoms. The topological polar surface area (TPSA) is 59.7 Å². The van der Waals surface area contributed by atoms with E-state index in [1.54, 1.807) is 0 Å². The zero-order valence-corrected chi connectivity index (χ0v) is 13.2. The van der Waals surface area contributed by atoms with E-state index in [2.05, 4.69) is 80.6 Å². The Morgan fingerprint density at radius 1 is 0.478 bits per heavy atom. The fraction of sp³-hybridized carbons (Fsp3) is 0. The molecule has 110 valence electrons. The van der Waals surface area contributed by atoms with Gasteiger partial charge in [-0.25, -0.2) is 0 Å².